The zero-order chi connectivity index (χ0) is 14.9. The van der Waals surface area contributed by atoms with Gasteiger partial charge in [-0.15, -0.1) is 0 Å². The van der Waals surface area contributed by atoms with Crippen molar-refractivity contribution in [2.45, 2.75) is 18.9 Å². The number of hydrogen-bond donors (Lipinski definition) is 0. The Hall–Kier alpha value is -1.95. The Balaban J connectivity index is 1.60. The van der Waals surface area contributed by atoms with Gasteiger partial charge in [0.25, 0.3) is 0 Å². The second kappa shape index (κ2) is 5.68. The summed E-state index contributed by atoms with van der Waals surface area (Å²) >= 11 is 3.54. The van der Waals surface area contributed by atoms with Crippen molar-refractivity contribution in [2.75, 3.05) is 18.0 Å². The van der Waals surface area contributed by atoms with E-state index < -0.39 is 0 Å². The molecule has 0 N–H and O–H groups in total. The summed E-state index contributed by atoms with van der Waals surface area (Å²) in [6.07, 6.45) is 9.69. The molecule has 3 aromatic rings. The Morgan fingerprint density at radius 3 is 2.77 bits per heavy atom. The van der Waals surface area contributed by atoms with Gasteiger partial charge in [-0.05, 0) is 31.0 Å². The van der Waals surface area contributed by atoms with Gasteiger partial charge in [0.2, 0.25) is 0 Å². The summed E-state index contributed by atoms with van der Waals surface area (Å²) in [4.78, 5) is 15.4. The van der Waals surface area contributed by atoms with E-state index in [4.69, 9.17) is 0 Å². The topological polar surface area (TPSA) is 46.8 Å². The van der Waals surface area contributed by atoms with Crippen LogP contribution < -0.4 is 4.90 Å². The fourth-order valence-electron chi connectivity index (χ4n) is 3.13. The molecular weight excluding hydrogens is 342 g/mol. The van der Waals surface area contributed by atoms with Crippen molar-refractivity contribution >= 4 is 32.7 Å². The second-order valence-corrected chi connectivity index (χ2v) is 6.50. The molecular formula is C16H16BrN5. The van der Waals surface area contributed by atoms with Crippen LogP contribution in [-0.2, 0) is 0 Å². The minimum Gasteiger partial charge on any atom is -0.356 e. The number of hydrogen-bond acceptors (Lipinski definition) is 4. The van der Waals surface area contributed by atoms with Crippen LogP contribution in [0.2, 0.25) is 0 Å². The van der Waals surface area contributed by atoms with Crippen LogP contribution >= 0.6 is 15.9 Å². The van der Waals surface area contributed by atoms with E-state index in [2.05, 4.69) is 52.6 Å². The Bertz CT molecular complexity index is 778. The summed E-state index contributed by atoms with van der Waals surface area (Å²) in [5.74, 6) is 1.04. The number of nitrogens with zero attached hydrogens (tertiary/aromatic N) is 5. The highest BCUT2D eigenvalue weighted by molar-refractivity contribution is 9.10. The summed E-state index contributed by atoms with van der Waals surface area (Å²) in [5.41, 5.74) is 0.991. The summed E-state index contributed by atoms with van der Waals surface area (Å²) < 4.78 is 3.27. The number of aromatic nitrogens is 4. The van der Waals surface area contributed by atoms with Crippen LogP contribution in [0.3, 0.4) is 0 Å². The molecule has 0 unspecified atom stereocenters. The molecule has 0 amide bonds. The highest BCUT2D eigenvalue weighted by atomic mass is 79.9. The predicted molar refractivity (Wildman–Crippen MR) is 89.9 cm³/mol. The average molecular weight is 358 g/mol. The van der Waals surface area contributed by atoms with Crippen molar-refractivity contribution in [1.82, 2.24) is 19.5 Å². The van der Waals surface area contributed by atoms with Gasteiger partial charge in [0.1, 0.15) is 12.1 Å². The first-order valence-electron chi connectivity index (χ1n) is 7.44. The Labute approximate surface area is 137 Å². The number of rotatable bonds is 2. The maximum absolute atomic E-state index is 4.53. The number of anilines is 1. The molecule has 3 heterocycles. The molecule has 4 rings (SSSR count). The monoisotopic (exact) mass is 357 g/mol. The van der Waals surface area contributed by atoms with Crippen molar-refractivity contribution < 1.29 is 0 Å². The van der Waals surface area contributed by atoms with Gasteiger partial charge >= 0.3 is 0 Å². The number of piperidine rings is 1. The van der Waals surface area contributed by atoms with Crippen molar-refractivity contribution in [3.8, 4) is 0 Å². The molecule has 1 fully saturated rings. The van der Waals surface area contributed by atoms with Crippen LogP contribution in [0, 0.1) is 0 Å². The molecule has 0 atom stereocenters. The molecule has 5 nitrogen and oxygen atoms in total. The quantitative estimate of drug-likeness (QED) is 0.704. The molecule has 112 valence electrons. The molecule has 1 saturated heterocycles. The van der Waals surface area contributed by atoms with Crippen LogP contribution in [0.25, 0.3) is 10.9 Å². The fourth-order valence-corrected chi connectivity index (χ4v) is 3.49. The van der Waals surface area contributed by atoms with E-state index in [1.165, 1.54) is 0 Å². The van der Waals surface area contributed by atoms with Gasteiger partial charge < -0.3 is 9.47 Å². The van der Waals surface area contributed by atoms with E-state index in [0.717, 1.165) is 47.1 Å². The SMILES string of the molecule is Brc1ccc2ncnc(N3CCC(n4ccnc4)CC3)c2c1. The first kappa shape index (κ1) is 13.7. The van der Waals surface area contributed by atoms with Crippen molar-refractivity contribution in [2.24, 2.45) is 0 Å². The number of imidazole rings is 1. The van der Waals surface area contributed by atoms with Gasteiger partial charge in [0.05, 0.1) is 11.8 Å². The van der Waals surface area contributed by atoms with E-state index in [9.17, 15) is 0 Å². The zero-order valence-electron chi connectivity index (χ0n) is 12.1. The van der Waals surface area contributed by atoms with Crippen LogP contribution in [0.1, 0.15) is 18.9 Å². The summed E-state index contributed by atoms with van der Waals surface area (Å²) in [6.45, 7) is 2.00. The van der Waals surface area contributed by atoms with E-state index in [-0.39, 0.29) is 0 Å². The lowest BCUT2D eigenvalue weighted by Gasteiger charge is -2.33. The Morgan fingerprint density at radius 2 is 2.00 bits per heavy atom. The molecule has 0 aliphatic carbocycles. The Kier molecular flexibility index (Phi) is 3.54. The molecule has 0 spiro atoms. The lowest BCUT2D eigenvalue weighted by molar-refractivity contribution is 0.395. The molecule has 1 aliphatic rings. The van der Waals surface area contributed by atoms with Crippen molar-refractivity contribution in [3.63, 3.8) is 0 Å². The van der Waals surface area contributed by atoms with Gasteiger partial charge in [-0.2, -0.15) is 0 Å². The summed E-state index contributed by atoms with van der Waals surface area (Å²) in [6, 6.07) is 6.69. The third-order valence-corrected chi connectivity index (χ3v) is 4.78. The van der Waals surface area contributed by atoms with Gasteiger partial charge in [0, 0.05) is 41.4 Å². The molecule has 1 aliphatic heterocycles. The van der Waals surface area contributed by atoms with Crippen LogP contribution in [0.15, 0.2) is 47.7 Å². The number of fused-ring (bicyclic) bond motifs is 1. The first-order valence-corrected chi connectivity index (χ1v) is 8.23. The summed E-state index contributed by atoms with van der Waals surface area (Å²) in [7, 11) is 0. The van der Waals surface area contributed by atoms with Crippen molar-refractivity contribution in [3.05, 3.63) is 47.7 Å². The summed E-state index contributed by atoms with van der Waals surface area (Å²) in [5, 5.41) is 1.11. The highest BCUT2D eigenvalue weighted by Gasteiger charge is 2.22. The van der Waals surface area contributed by atoms with Crippen LogP contribution in [-0.4, -0.2) is 32.6 Å². The third-order valence-electron chi connectivity index (χ3n) is 4.29. The molecule has 2 aromatic heterocycles. The van der Waals surface area contributed by atoms with E-state index in [1.807, 2.05) is 24.7 Å². The minimum absolute atomic E-state index is 0.540. The first-order chi connectivity index (χ1) is 10.8. The van der Waals surface area contributed by atoms with Gasteiger partial charge in [-0.25, -0.2) is 15.0 Å². The maximum Gasteiger partial charge on any atom is 0.139 e. The molecule has 6 heteroatoms. The van der Waals surface area contributed by atoms with Crippen LogP contribution in [0.4, 0.5) is 5.82 Å². The second-order valence-electron chi connectivity index (χ2n) is 5.59. The molecule has 0 bridgehead atoms. The average Bonchev–Trinajstić information content (AvgIpc) is 3.09. The fraction of sp³-hybridized carbons (Fsp3) is 0.312. The van der Waals surface area contributed by atoms with Gasteiger partial charge in [0.15, 0.2) is 0 Å². The largest absolute Gasteiger partial charge is 0.356 e. The minimum atomic E-state index is 0.540. The van der Waals surface area contributed by atoms with Gasteiger partial charge in [-0.3, -0.25) is 0 Å². The molecule has 22 heavy (non-hydrogen) atoms. The molecule has 0 radical (unpaired) electrons. The Morgan fingerprint density at radius 1 is 1.14 bits per heavy atom. The van der Waals surface area contributed by atoms with E-state index >= 15 is 0 Å². The van der Waals surface area contributed by atoms with E-state index in [0.29, 0.717) is 6.04 Å². The van der Waals surface area contributed by atoms with Gasteiger partial charge in [-0.1, -0.05) is 15.9 Å². The lowest BCUT2D eigenvalue weighted by Crippen LogP contribution is -2.35. The maximum atomic E-state index is 4.53. The zero-order valence-corrected chi connectivity index (χ0v) is 13.6. The highest BCUT2D eigenvalue weighted by Crippen LogP contribution is 2.30. The van der Waals surface area contributed by atoms with Crippen LogP contribution in [0.5, 0.6) is 0 Å². The predicted octanol–water partition coefficient (Wildman–Crippen LogP) is 3.43. The van der Waals surface area contributed by atoms with E-state index in [1.54, 1.807) is 6.33 Å². The standard InChI is InChI=1S/C16H16BrN5/c17-12-1-2-15-14(9-12)16(20-10-19-15)21-6-3-13(4-7-21)22-8-5-18-11-22/h1-2,5,8-11,13H,3-4,6-7H2. The smallest absolute Gasteiger partial charge is 0.139 e. The normalized spacial score (nSPS) is 16.3. The number of benzene rings is 1. The lowest BCUT2D eigenvalue weighted by atomic mass is 10.0. The molecule has 0 saturated carbocycles. The number of halogens is 1. The van der Waals surface area contributed by atoms with Crippen molar-refractivity contribution in [1.29, 1.82) is 0 Å². The third kappa shape index (κ3) is 2.47. The molecule has 1 aromatic carbocycles.